The third kappa shape index (κ3) is 3.00. The lowest BCUT2D eigenvalue weighted by Crippen LogP contribution is -2.30. The summed E-state index contributed by atoms with van der Waals surface area (Å²) in [5, 5.41) is 9.31. The number of ether oxygens (including phenoxy) is 1. The molecule has 9 heteroatoms. The summed E-state index contributed by atoms with van der Waals surface area (Å²) in [5.41, 5.74) is 11.1. The van der Waals surface area contributed by atoms with Crippen LogP contribution in [0, 0.1) is 11.7 Å². The average molecular weight is 404 g/mol. The van der Waals surface area contributed by atoms with Gasteiger partial charge in [-0.2, -0.15) is 0 Å². The Morgan fingerprint density at radius 1 is 1.38 bits per heavy atom. The van der Waals surface area contributed by atoms with E-state index >= 15 is 4.39 Å². The van der Waals surface area contributed by atoms with Crippen LogP contribution in [0.1, 0.15) is 42.6 Å². The number of aromatic carboxylic acids is 1. The van der Waals surface area contributed by atoms with Gasteiger partial charge in [0.25, 0.3) is 0 Å². The minimum absolute atomic E-state index is 0.0261. The molecule has 1 aliphatic carbocycles. The van der Waals surface area contributed by atoms with Gasteiger partial charge in [0, 0.05) is 31.4 Å². The van der Waals surface area contributed by atoms with Crippen molar-refractivity contribution in [1.29, 1.82) is 0 Å². The summed E-state index contributed by atoms with van der Waals surface area (Å²) in [5.74, 6) is -1.72. The number of benzene rings is 1. The molecule has 5 N–H and O–H groups in total. The molecule has 156 valence electrons. The van der Waals surface area contributed by atoms with Crippen LogP contribution < -0.4 is 26.5 Å². The zero-order valence-electron chi connectivity index (χ0n) is 16.4. The van der Waals surface area contributed by atoms with E-state index in [9.17, 15) is 14.7 Å². The summed E-state index contributed by atoms with van der Waals surface area (Å²) < 4.78 is 22.8. The van der Waals surface area contributed by atoms with Crippen molar-refractivity contribution in [3.63, 3.8) is 0 Å². The summed E-state index contributed by atoms with van der Waals surface area (Å²) in [6.45, 7) is 3.07. The van der Waals surface area contributed by atoms with Gasteiger partial charge in [-0.15, -0.1) is 0 Å². The molecular weight excluding hydrogens is 379 g/mol. The highest BCUT2D eigenvalue weighted by Crippen LogP contribution is 2.46. The number of nitrogen functional groups attached to an aromatic ring is 1. The zero-order chi connectivity index (χ0) is 21.0. The normalized spacial score (nSPS) is 20.3. The second kappa shape index (κ2) is 6.91. The number of carboxylic acid groups (broad SMARTS) is 1. The van der Waals surface area contributed by atoms with Crippen LogP contribution in [0.25, 0.3) is 10.9 Å². The molecule has 2 fully saturated rings. The van der Waals surface area contributed by atoms with E-state index in [2.05, 4.69) is 0 Å². The van der Waals surface area contributed by atoms with Crippen LogP contribution in [0.15, 0.2) is 11.0 Å². The van der Waals surface area contributed by atoms with Crippen molar-refractivity contribution >= 4 is 28.2 Å². The highest BCUT2D eigenvalue weighted by Gasteiger charge is 2.35. The van der Waals surface area contributed by atoms with Gasteiger partial charge in [-0.1, -0.05) is 0 Å². The van der Waals surface area contributed by atoms with Gasteiger partial charge in [-0.25, -0.2) is 9.18 Å². The Balaban J connectivity index is 2.04. The number of nitrogens with two attached hydrogens (primary N) is 2. The molecule has 2 aromatic rings. The first-order valence-corrected chi connectivity index (χ1v) is 9.73. The maximum atomic E-state index is 15.4. The summed E-state index contributed by atoms with van der Waals surface area (Å²) >= 11 is 0. The molecule has 8 nitrogen and oxygen atoms in total. The fourth-order valence-corrected chi connectivity index (χ4v) is 4.25. The smallest absolute Gasteiger partial charge is 0.341 e. The van der Waals surface area contributed by atoms with Crippen LogP contribution in [0.4, 0.5) is 15.8 Å². The molecule has 0 bridgehead atoms. The fourth-order valence-electron chi connectivity index (χ4n) is 4.25. The van der Waals surface area contributed by atoms with Gasteiger partial charge in [0.1, 0.15) is 11.3 Å². The first-order chi connectivity index (χ1) is 13.8. The zero-order valence-corrected chi connectivity index (χ0v) is 16.4. The summed E-state index contributed by atoms with van der Waals surface area (Å²) in [6.07, 6.45) is 3.81. The Hall–Kier alpha value is -2.81. The number of methoxy groups -OCH3 is 1. The molecule has 1 aromatic carbocycles. The lowest BCUT2D eigenvalue weighted by molar-refractivity contribution is 0.0695. The van der Waals surface area contributed by atoms with Gasteiger partial charge < -0.3 is 30.8 Å². The third-order valence-corrected chi connectivity index (χ3v) is 6.04. The topological polar surface area (TPSA) is 124 Å². The van der Waals surface area contributed by atoms with E-state index in [-0.39, 0.29) is 40.5 Å². The lowest BCUT2D eigenvalue weighted by Gasteiger charge is -2.26. The quantitative estimate of drug-likeness (QED) is 0.651. The van der Waals surface area contributed by atoms with Crippen LogP contribution in [0.2, 0.25) is 0 Å². The highest BCUT2D eigenvalue weighted by molar-refractivity contribution is 6.03. The number of fused-ring (bicyclic) bond motifs is 1. The van der Waals surface area contributed by atoms with E-state index in [0.29, 0.717) is 18.6 Å². The van der Waals surface area contributed by atoms with Gasteiger partial charge in [-0.05, 0) is 32.1 Å². The largest absolute Gasteiger partial charge is 0.492 e. The molecule has 0 radical (unpaired) electrons. The van der Waals surface area contributed by atoms with Crippen molar-refractivity contribution in [1.82, 2.24) is 4.57 Å². The standard InChI is InChI=1S/C20H25FN4O4/c1-9(22)10-5-6-24(7-10)17-14(21)15(23)13-16(19(17)29-2)25(11-3-4-11)8-12(18(13)26)20(27)28/h8-11H,3-7,22-23H2,1-2H3,(H,27,28)/t9-,10+/m1/s1. The first kappa shape index (κ1) is 19.5. The second-order valence-corrected chi connectivity index (χ2v) is 8.00. The van der Waals surface area contributed by atoms with E-state index < -0.39 is 22.8 Å². The predicted molar refractivity (Wildman–Crippen MR) is 108 cm³/mol. The molecular formula is C20H25FN4O4. The molecule has 1 saturated heterocycles. The number of carbonyl (C=O) groups is 1. The van der Waals surface area contributed by atoms with Crippen molar-refractivity contribution in [3.05, 3.63) is 27.8 Å². The molecule has 0 amide bonds. The number of carboxylic acids is 1. The number of rotatable bonds is 5. The number of aromatic nitrogens is 1. The highest BCUT2D eigenvalue weighted by atomic mass is 19.1. The number of pyridine rings is 1. The van der Waals surface area contributed by atoms with Gasteiger partial charge in [-0.3, -0.25) is 4.79 Å². The molecule has 2 heterocycles. The van der Waals surface area contributed by atoms with Crippen LogP contribution in [0.3, 0.4) is 0 Å². The van der Waals surface area contributed by atoms with Gasteiger partial charge in [0.2, 0.25) is 5.43 Å². The van der Waals surface area contributed by atoms with Crippen molar-refractivity contribution < 1.29 is 19.0 Å². The molecule has 4 rings (SSSR count). The molecule has 0 spiro atoms. The first-order valence-electron chi connectivity index (χ1n) is 9.73. The number of hydrogen-bond acceptors (Lipinski definition) is 6. The SMILES string of the molecule is COc1c(N2CC[C@H]([C@@H](C)N)C2)c(F)c(N)c2c(=O)c(C(=O)O)cn(C3CC3)c12. The number of hydrogen-bond donors (Lipinski definition) is 3. The van der Waals surface area contributed by atoms with Crippen molar-refractivity contribution in [3.8, 4) is 5.75 Å². The number of halogens is 1. The summed E-state index contributed by atoms with van der Waals surface area (Å²) in [4.78, 5) is 26.3. The fraction of sp³-hybridized carbons (Fsp3) is 0.500. The lowest BCUT2D eigenvalue weighted by atomic mass is 10.0. The van der Waals surface area contributed by atoms with E-state index in [0.717, 1.165) is 19.3 Å². The Kier molecular flexibility index (Phi) is 4.65. The molecule has 29 heavy (non-hydrogen) atoms. The maximum Gasteiger partial charge on any atom is 0.341 e. The average Bonchev–Trinajstić information content (AvgIpc) is 3.39. The van der Waals surface area contributed by atoms with Crippen molar-refractivity contribution in [2.75, 3.05) is 30.8 Å². The van der Waals surface area contributed by atoms with E-state index in [1.807, 2.05) is 11.8 Å². The van der Waals surface area contributed by atoms with Crippen LogP contribution >= 0.6 is 0 Å². The Morgan fingerprint density at radius 2 is 2.07 bits per heavy atom. The number of nitrogens with zero attached hydrogens (tertiary/aromatic N) is 2. The molecule has 1 saturated carbocycles. The van der Waals surface area contributed by atoms with Crippen molar-refractivity contribution in [2.45, 2.75) is 38.3 Å². The predicted octanol–water partition coefficient (Wildman–Crippen LogP) is 1.94. The van der Waals surface area contributed by atoms with Crippen molar-refractivity contribution in [2.24, 2.45) is 11.7 Å². The van der Waals surface area contributed by atoms with E-state index in [4.69, 9.17) is 16.2 Å². The molecule has 1 aromatic heterocycles. The summed E-state index contributed by atoms with van der Waals surface area (Å²) in [6, 6.07) is -0.00664. The third-order valence-electron chi connectivity index (χ3n) is 6.04. The Bertz CT molecular complexity index is 1060. The minimum Gasteiger partial charge on any atom is -0.492 e. The summed E-state index contributed by atoms with van der Waals surface area (Å²) in [7, 11) is 1.42. The van der Waals surface area contributed by atoms with Crippen LogP contribution in [0.5, 0.6) is 5.75 Å². The minimum atomic E-state index is -1.37. The Labute approximate surface area is 166 Å². The van der Waals surface area contributed by atoms with Gasteiger partial charge >= 0.3 is 5.97 Å². The van der Waals surface area contributed by atoms with Gasteiger partial charge in [0.15, 0.2) is 11.6 Å². The molecule has 2 aliphatic rings. The van der Waals surface area contributed by atoms with Gasteiger partial charge in [0.05, 0.1) is 23.7 Å². The van der Waals surface area contributed by atoms with Crippen LogP contribution in [-0.4, -0.2) is 41.9 Å². The molecule has 1 aliphatic heterocycles. The Morgan fingerprint density at radius 3 is 2.59 bits per heavy atom. The maximum absolute atomic E-state index is 15.4. The van der Waals surface area contributed by atoms with E-state index in [1.54, 1.807) is 4.57 Å². The van der Waals surface area contributed by atoms with E-state index in [1.165, 1.54) is 13.3 Å². The molecule has 0 unspecified atom stereocenters. The molecule has 2 atom stereocenters. The van der Waals surface area contributed by atoms with Crippen LogP contribution in [-0.2, 0) is 0 Å². The number of anilines is 2. The monoisotopic (exact) mass is 404 g/mol. The second-order valence-electron chi connectivity index (χ2n) is 8.00.